The highest BCUT2D eigenvalue weighted by Crippen LogP contribution is 2.10. The summed E-state index contributed by atoms with van der Waals surface area (Å²) in [5.41, 5.74) is 0. The first-order chi connectivity index (χ1) is 9.66. The highest BCUT2D eigenvalue weighted by atomic mass is 32.1. The summed E-state index contributed by atoms with van der Waals surface area (Å²) in [6.45, 7) is 8.64. The number of unbranched alkanes of at least 4 members (excludes halogenated alkanes) is 9. The van der Waals surface area contributed by atoms with Crippen LogP contribution in [0, 0.1) is 5.92 Å². The molecule has 0 aliphatic carbocycles. The molecule has 0 unspecified atom stereocenters. The van der Waals surface area contributed by atoms with Gasteiger partial charge in [-0.15, -0.1) is 0 Å². The van der Waals surface area contributed by atoms with Crippen LogP contribution >= 0.6 is 12.2 Å². The Labute approximate surface area is 132 Å². The van der Waals surface area contributed by atoms with Gasteiger partial charge in [-0.1, -0.05) is 78.6 Å². The third kappa shape index (κ3) is 15.7. The van der Waals surface area contributed by atoms with Crippen LogP contribution in [0.3, 0.4) is 0 Å². The zero-order valence-corrected chi connectivity index (χ0v) is 14.8. The van der Waals surface area contributed by atoms with Gasteiger partial charge in [-0.05, 0) is 24.6 Å². The molecule has 0 rings (SSSR count). The van der Waals surface area contributed by atoms with Gasteiger partial charge in [-0.3, -0.25) is 0 Å². The van der Waals surface area contributed by atoms with E-state index >= 15 is 0 Å². The quantitative estimate of drug-likeness (QED) is 0.368. The van der Waals surface area contributed by atoms with Gasteiger partial charge in [0.05, 0.1) is 0 Å². The Kier molecular flexibility index (Phi) is 14.9. The second-order valence-corrected chi connectivity index (χ2v) is 6.62. The van der Waals surface area contributed by atoms with Crippen molar-refractivity contribution in [2.75, 3.05) is 13.1 Å². The molecule has 0 aliphatic heterocycles. The van der Waals surface area contributed by atoms with Gasteiger partial charge in [0.1, 0.15) is 0 Å². The van der Waals surface area contributed by atoms with E-state index in [0.717, 1.165) is 18.2 Å². The Morgan fingerprint density at radius 2 is 1.30 bits per heavy atom. The number of hydrogen-bond acceptors (Lipinski definition) is 1. The lowest BCUT2D eigenvalue weighted by atomic mass is 10.1. The number of thiocarbonyl (C=S) groups is 1. The molecule has 2 N–H and O–H groups in total. The monoisotopic (exact) mass is 300 g/mol. The summed E-state index contributed by atoms with van der Waals surface area (Å²) < 4.78 is 0. The molecule has 120 valence electrons. The minimum atomic E-state index is 0.645. The van der Waals surface area contributed by atoms with E-state index in [-0.39, 0.29) is 0 Å². The Balaban J connectivity index is 3.11. The molecule has 0 saturated heterocycles. The molecule has 0 amide bonds. The van der Waals surface area contributed by atoms with Crippen LogP contribution in [0.25, 0.3) is 0 Å². The van der Waals surface area contributed by atoms with Crippen LogP contribution in [0.4, 0.5) is 0 Å². The molecule has 3 heteroatoms. The first-order valence-electron chi connectivity index (χ1n) is 8.68. The van der Waals surface area contributed by atoms with Gasteiger partial charge in [0, 0.05) is 13.1 Å². The SMILES string of the molecule is CCCCCCCCCCCCNC(=S)NCC(C)C. The maximum absolute atomic E-state index is 5.22. The Morgan fingerprint density at radius 1 is 0.800 bits per heavy atom. The van der Waals surface area contributed by atoms with Crippen molar-refractivity contribution < 1.29 is 0 Å². The van der Waals surface area contributed by atoms with Crippen molar-refractivity contribution in [2.45, 2.75) is 85.0 Å². The molecular weight excluding hydrogens is 264 g/mol. The van der Waals surface area contributed by atoms with Crippen molar-refractivity contribution in [3.8, 4) is 0 Å². The molecule has 0 saturated carbocycles. The number of nitrogens with one attached hydrogen (secondary N) is 2. The summed E-state index contributed by atoms with van der Waals surface area (Å²) >= 11 is 5.22. The number of rotatable bonds is 13. The van der Waals surface area contributed by atoms with E-state index in [4.69, 9.17) is 12.2 Å². The lowest BCUT2D eigenvalue weighted by molar-refractivity contribution is 0.553. The molecule has 0 bridgehead atoms. The fraction of sp³-hybridized carbons (Fsp3) is 0.941. The highest BCUT2D eigenvalue weighted by molar-refractivity contribution is 7.80. The normalized spacial score (nSPS) is 10.8. The molecule has 0 fully saturated rings. The first kappa shape index (κ1) is 19.7. The van der Waals surface area contributed by atoms with Gasteiger partial charge in [-0.25, -0.2) is 0 Å². The third-order valence-electron chi connectivity index (χ3n) is 3.49. The lowest BCUT2D eigenvalue weighted by Crippen LogP contribution is -2.37. The zero-order valence-electron chi connectivity index (χ0n) is 14.0. The van der Waals surface area contributed by atoms with E-state index in [1.54, 1.807) is 0 Å². The molecule has 2 nitrogen and oxygen atoms in total. The molecule has 0 aliphatic rings. The number of hydrogen-bond donors (Lipinski definition) is 2. The van der Waals surface area contributed by atoms with Gasteiger partial charge in [-0.2, -0.15) is 0 Å². The second kappa shape index (κ2) is 15.1. The van der Waals surface area contributed by atoms with Crippen LogP contribution in [-0.4, -0.2) is 18.2 Å². The Morgan fingerprint density at radius 3 is 1.80 bits per heavy atom. The van der Waals surface area contributed by atoms with E-state index < -0.39 is 0 Å². The van der Waals surface area contributed by atoms with Crippen molar-refractivity contribution >= 4 is 17.3 Å². The summed E-state index contributed by atoms with van der Waals surface area (Å²) in [7, 11) is 0. The smallest absolute Gasteiger partial charge is 0.166 e. The lowest BCUT2D eigenvalue weighted by Gasteiger charge is -2.11. The van der Waals surface area contributed by atoms with Crippen molar-refractivity contribution in [2.24, 2.45) is 5.92 Å². The van der Waals surface area contributed by atoms with Crippen LogP contribution in [-0.2, 0) is 0 Å². The molecule has 0 aromatic carbocycles. The van der Waals surface area contributed by atoms with Gasteiger partial charge in [0.25, 0.3) is 0 Å². The minimum absolute atomic E-state index is 0.645. The second-order valence-electron chi connectivity index (χ2n) is 6.21. The first-order valence-corrected chi connectivity index (χ1v) is 9.09. The van der Waals surface area contributed by atoms with Gasteiger partial charge >= 0.3 is 0 Å². The summed E-state index contributed by atoms with van der Waals surface area (Å²) in [6, 6.07) is 0. The van der Waals surface area contributed by atoms with E-state index in [2.05, 4.69) is 31.4 Å². The summed E-state index contributed by atoms with van der Waals surface area (Å²) in [4.78, 5) is 0. The van der Waals surface area contributed by atoms with Crippen LogP contribution in [0.1, 0.15) is 85.0 Å². The van der Waals surface area contributed by atoms with Gasteiger partial charge in [0.2, 0.25) is 0 Å². The molecular formula is C17H36N2S. The Bertz CT molecular complexity index is 217. The molecule has 0 radical (unpaired) electrons. The molecule has 0 aromatic heterocycles. The fourth-order valence-corrected chi connectivity index (χ4v) is 2.36. The van der Waals surface area contributed by atoms with Gasteiger partial charge < -0.3 is 10.6 Å². The predicted molar refractivity (Wildman–Crippen MR) is 95.3 cm³/mol. The average molecular weight is 301 g/mol. The van der Waals surface area contributed by atoms with E-state index in [9.17, 15) is 0 Å². The van der Waals surface area contributed by atoms with Crippen LogP contribution in [0.5, 0.6) is 0 Å². The molecule has 0 spiro atoms. The minimum Gasteiger partial charge on any atom is -0.363 e. The van der Waals surface area contributed by atoms with Crippen molar-refractivity contribution in [1.29, 1.82) is 0 Å². The molecule has 20 heavy (non-hydrogen) atoms. The third-order valence-corrected chi connectivity index (χ3v) is 3.78. The molecule has 0 aromatic rings. The van der Waals surface area contributed by atoms with E-state index in [1.165, 1.54) is 64.2 Å². The fourth-order valence-electron chi connectivity index (χ4n) is 2.17. The molecule has 0 heterocycles. The topological polar surface area (TPSA) is 24.1 Å². The summed E-state index contributed by atoms with van der Waals surface area (Å²) in [5, 5.41) is 7.34. The van der Waals surface area contributed by atoms with E-state index in [1.807, 2.05) is 0 Å². The zero-order chi connectivity index (χ0) is 15.1. The van der Waals surface area contributed by atoms with Crippen LogP contribution in [0.15, 0.2) is 0 Å². The van der Waals surface area contributed by atoms with E-state index in [0.29, 0.717) is 5.92 Å². The highest BCUT2D eigenvalue weighted by Gasteiger charge is 1.97. The summed E-state index contributed by atoms with van der Waals surface area (Å²) in [5.74, 6) is 0.645. The van der Waals surface area contributed by atoms with Crippen LogP contribution in [0.2, 0.25) is 0 Å². The standard InChI is InChI=1S/C17H36N2S/c1-4-5-6-7-8-9-10-11-12-13-14-18-17(20)19-15-16(2)3/h16H,4-15H2,1-3H3,(H2,18,19,20). The Hall–Kier alpha value is -0.310. The summed E-state index contributed by atoms with van der Waals surface area (Å²) in [6.07, 6.45) is 13.8. The maximum atomic E-state index is 5.22. The maximum Gasteiger partial charge on any atom is 0.166 e. The molecule has 0 atom stereocenters. The largest absolute Gasteiger partial charge is 0.363 e. The van der Waals surface area contributed by atoms with Crippen molar-refractivity contribution in [1.82, 2.24) is 10.6 Å². The average Bonchev–Trinajstić information content (AvgIpc) is 2.42. The van der Waals surface area contributed by atoms with Gasteiger partial charge in [0.15, 0.2) is 5.11 Å². The predicted octanol–water partition coefficient (Wildman–Crippen LogP) is 5.03. The van der Waals surface area contributed by atoms with Crippen LogP contribution < -0.4 is 10.6 Å². The van der Waals surface area contributed by atoms with Crippen molar-refractivity contribution in [3.63, 3.8) is 0 Å². The van der Waals surface area contributed by atoms with Crippen molar-refractivity contribution in [3.05, 3.63) is 0 Å².